The predicted octanol–water partition coefficient (Wildman–Crippen LogP) is 8.60. The van der Waals surface area contributed by atoms with Crippen molar-refractivity contribution >= 4 is 42.4 Å². The summed E-state index contributed by atoms with van der Waals surface area (Å²) in [6.07, 6.45) is 4.40. The molecule has 2 atom stereocenters. The van der Waals surface area contributed by atoms with Crippen LogP contribution in [0.4, 0.5) is 0 Å². The first-order valence-corrected chi connectivity index (χ1v) is 18.9. The lowest BCUT2D eigenvalue weighted by Gasteiger charge is -2.40. The molecule has 0 fully saturated rings. The van der Waals surface area contributed by atoms with Crippen molar-refractivity contribution < 1.29 is 9.47 Å². The number of aryl methyl sites for hydroxylation is 4. The smallest absolute Gasteiger partial charge is 0.123 e. The minimum Gasteiger partial charge on any atom is -0.501 e. The Balaban J connectivity index is 1.61. The number of methoxy groups -OCH3 is 2. The van der Waals surface area contributed by atoms with E-state index in [0.29, 0.717) is 5.66 Å². The van der Waals surface area contributed by atoms with Crippen LogP contribution >= 0.6 is 15.8 Å². The second kappa shape index (κ2) is 14.4. The van der Waals surface area contributed by atoms with Crippen LogP contribution < -0.4 is 31.3 Å². The standard InChI is InChI=1S/C42H44O2P2/c1-29-13-21-33(22-14-29)45(34-23-15-30(2)16-24-34)39-11-7-9-37(43-5)41(39)42-38(44-6)10-8-12-40(42)46(35-25-17-31(3)18-26-35)36-27-19-32(4)20-28-36/h7,9-11,13-28,40,42H,8,12H2,1-6H3/t40-,42?/m1/s1. The van der Waals surface area contributed by atoms with Crippen molar-refractivity contribution in [2.24, 2.45) is 0 Å². The fourth-order valence-corrected chi connectivity index (χ4v) is 12.2. The molecular weight excluding hydrogens is 598 g/mol. The minimum absolute atomic E-state index is 0.0412. The van der Waals surface area contributed by atoms with Crippen molar-refractivity contribution in [2.45, 2.75) is 52.1 Å². The van der Waals surface area contributed by atoms with Crippen LogP contribution in [-0.4, -0.2) is 19.9 Å². The van der Waals surface area contributed by atoms with Crippen molar-refractivity contribution in [3.63, 3.8) is 0 Å². The van der Waals surface area contributed by atoms with Gasteiger partial charge in [0.25, 0.3) is 0 Å². The van der Waals surface area contributed by atoms with E-state index in [1.807, 2.05) is 14.2 Å². The first-order chi connectivity index (χ1) is 22.4. The highest BCUT2D eigenvalue weighted by Gasteiger charge is 2.41. The van der Waals surface area contributed by atoms with Gasteiger partial charge in [0.05, 0.1) is 25.9 Å². The monoisotopic (exact) mass is 642 g/mol. The lowest BCUT2D eigenvalue weighted by Crippen LogP contribution is -2.34. The van der Waals surface area contributed by atoms with E-state index < -0.39 is 15.8 Å². The molecule has 5 aromatic rings. The van der Waals surface area contributed by atoms with Gasteiger partial charge in [-0.25, -0.2) is 0 Å². The number of benzene rings is 5. The van der Waals surface area contributed by atoms with Crippen LogP contribution in [0.2, 0.25) is 0 Å². The summed E-state index contributed by atoms with van der Waals surface area (Å²) in [6.45, 7) is 8.67. The quantitative estimate of drug-likeness (QED) is 0.150. The molecule has 0 bridgehead atoms. The third kappa shape index (κ3) is 6.71. The number of hydrogen-bond donors (Lipinski definition) is 0. The molecule has 0 aliphatic heterocycles. The van der Waals surface area contributed by atoms with Gasteiger partial charge in [0.1, 0.15) is 5.75 Å². The van der Waals surface area contributed by atoms with Gasteiger partial charge in [0.15, 0.2) is 0 Å². The van der Waals surface area contributed by atoms with E-state index in [4.69, 9.17) is 9.47 Å². The first-order valence-electron chi connectivity index (χ1n) is 16.1. The second-order valence-corrected chi connectivity index (χ2v) is 17.0. The minimum atomic E-state index is -0.873. The van der Waals surface area contributed by atoms with Crippen molar-refractivity contribution in [3.8, 4) is 5.75 Å². The Kier molecular flexibility index (Phi) is 10.1. The zero-order valence-corrected chi connectivity index (χ0v) is 29.6. The van der Waals surface area contributed by atoms with Gasteiger partial charge in [0.2, 0.25) is 0 Å². The summed E-state index contributed by atoms with van der Waals surface area (Å²) in [7, 11) is 2.07. The molecule has 1 aliphatic carbocycles. The average Bonchev–Trinajstić information content (AvgIpc) is 3.08. The predicted molar refractivity (Wildman–Crippen MR) is 201 cm³/mol. The molecule has 0 saturated carbocycles. The van der Waals surface area contributed by atoms with Gasteiger partial charge in [-0.05, 0) is 95.0 Å². The molecule has 0 saturated heterocycles. The summed E-state index contributed by atoms with van der Waals surface area (Å²) in [5, 5.41) is 6.84. The van der Waals surface area contributed by atoms with Crippen molar-refractivity contribution in [1.82, 2.24) is 0 Å². The van der Waals surface area contributed by atoms with Gasteiger partial charge in [-0.2, -0.15) is 0 Å². The van der Waals surface area contributed by atoms with Gasteiger partial charge in [-0.3, -0.25) is 0 Å². The lowest BCUT2D eigenvalue weighted by atomic mass is 9.86. The Morgan fingerprint density at radius 3 is 1.43 bits per heavy atom. The Labute approximate surface area is 278 Å². The molecule has 5 aromatic carbocycles. The van der Waals surface area contributed by atoms with Crippen LogP contribution in [0.15, 0.2) is 127 Å². The molecule has 4 heteroatoms. The molecule has 0 spiro atoms. The fraction of sp³-hybridized carbons (Fsp3) is 0.238. The van der Waals surface area contributed by atoms with Crippen molar-refractivity contribution in [2.75, 3.05) is 14.2 Å². The van der Waals surface area contributed by atoms with E-state index in [2.05, 4.69) is 149 Å². The van der Waals surface area contributed by atoms with Gasteiger partial charge in [0, 0.05) is 11.2 Å². The van der Waals surface area contributed by atoms with Crippen LogP contribution in [0, 0.1) is 27.7 Å². The Morgan fingerprint density at radius 2 is 1.00 bits per heavy atom. The molecule has 0 radical (unpaired) electrons. The van der Waals surface area contributed by atoms with E-state index in [0.717, 1.165) is 24.4 Å². The van der Waals surface area contributed by atoms with E-state index >= 15 is 0 Å². The zero-order chi connectivity index (χ0) is 32.2. The molecule has 0 amide bonds. The zero-order valence-electron chi connectivity index (χ0n) is 27.8. The molecule has 6 rings (SSSR count). The van der Waals surface area contributed by atoms with Gasteiger partial charge < -0.3 is 9.47 Å². The highest BCUT2D eigenvalue weighted by molar-refractivity contribution is 7.80. The molecule has 0 N–H and O–H groups in total. The number of allylic oxidation sites excluding steroid dienone is 2. The molecule has 0 heterocycles. The number of hydrogen-bond acceptors (Lipinski definition) is 2. The van der Waals surface area contributed by atoms with E-state index in [-0.39, 0.29) is 5.92 Å². The number of ether oxygens (including phenoxy) is 2. The highest BCUT2D eigenvalue weighted by atomic mass is 31.1. The van der Waals surface area contributed by atoms with Crippen LogP contribution in [0.25, 0.3) is 0 Å². The van der Waals surface area contributed by atoms with Gasteiger partial charge in [-0.15, -0.1) is 0 Å². The lowest BCUT2D eigenvalue weighted by molar-refractivity contribution is 0.250. The summed E-state index contributed by atoms with van der Waals surface area (Å²) in [4.78, 5) is 0. The number of rotatable bonds is 9. The summed E-state index contributed by atoms with van der Waals surface area (Å²) in [6, 6.07) is 43.5. The molecule has 2 nitrogen and oxygen atoms in total. The molecule has 46 heavy (non-hydrogen) atoms. The Hall–Kier alpha value is -3.70. The molecule has 234 valence electrons. The van der Waals surface area contributed by atoms with Crippen LogP contribution in [0.3, 0.4) is 0 Å². The summed E-state index contributed by atoms with van der Waals surface area (Å²) < 4.78 is 12.6. The maximum absolute atomic E-state index is 6.35. The van der Waals surface area contributed by atoms with Gasteiger partial charge >= 0.3 is 0 Å². The SMILES string of the molecule is COC1=CCC[C@@H](P(c2ccc(C)cc2)c2ccc(C)cc2)C1c1c(OC)cccc1P(c1ccc(C)cc1)c1ccc(C)cc1. The van der Waals surface area contributed by atoms with Crippen molar-refractivity contribution in [3.05, 3.63) is 155 Å². The fourth-order valence-electron chi connectivity index (χ4n) is 6.68. The molecular formula is C42H44O2P2. The highest BCUT2D eigenvalue weighted by Crippen LogP contribution is 2.55. The summed E-state index contributed by atoms with van der Waals surface area (Å²) in [5.74, 6) is 2.03. The van der Waals surface area contributed by atoms with Crippen LogP contribution in [-0.2, 0) is 4.74 Å². The van der Waals surface area contributed by atoms with Gasteiger partial charge in [-0.1, -0.05) is 131 Å². The van der Waals surface area contributed by atoms with Crippen LogP contribution in [0.1, 0.15) is 46.6 Å². The maximum atomic E-state index is 6.35. The Bertz CT molecular complexity index is 1700. The third-order valence-corrected chi connectivity index (χ3v) is 14.5. The van der Waals surface area contributed by atoms with Crippen LogP contribution in [0.5, 0.6) is 5.75 Å². The first kappa shape index (κ1) is 32.2. The normalized spacial score (nSPS) is 16.4. The van der Waals surface area contributed by atoms with E-state index in [9.17, 15) is 0 Å². The largest absolute Gasteiger partial charge is 0.501 e. The molecule has 1 aliphatic rings. The van der Waals surface area contributed by atoms with Crippen molar-refractivity contribution in [1.29, 1.82) is 0 Å². The van der Waals surface area contributed by atoms with E-state index in [1.165, 1.54) is 54.3 Å². The molecule has 1 unspecified atom stereocenters. The third-order valence-electron chi connectivity index (χ3n) is 9.09. The summed E-state index contributed by atoms with van der Waals surface area (Å²) in [5.41, 5.74) is 6.70. The topological polar surface area (TPSA) is 18.5 Å². The summed E-state index contributed by atoms with van der Waals surface area (Å²) >= 11 is 0. The maximum Gasteiger partial charge on any atom is 0.123 e. The second-order valence-electron chi connectivity index (χ2n) is 12.4. The molecule has 0 aromatic heterocycles. The average molecular weight is 643 g/mol. The Morgan fingerprint density at radius 1 is 0.543 bits per heavy atom. The van der Waals surface area contributed by atoms with E-state index in [1.54, 1.807) is 0 Å².